The van der Waals surface area contributed by atoms with Gasteiger partial charge in [0.05, 0.1) is 39.3 Å². The summed E-state index contributed by atoms with van der Waals surface area (Å²) in [6.07, 6.45) is 0. The Morgan fingerprint density at radius 2 is 1.32 bits per heavy atom. The third kappa shape index (κ3) is 31.9. The van der Waals surface area contributed by atoms with Crippen molar-refractivity contribution >= 4 is 120 Å². The van der Waals surface area contributed by atoms with Crippen LogP contribution in [0.25, 0.3) is 0 Å². The molecular weight excluding hydrogens is 647 g/mol. The fourth-order valence-corrected chi connectivity index (χ4v) is 10.4. The van der Waals surface area contributed by atoms with Gasteiger partial charge in [0.1, 0.15) is 0 Å². The third-order valence-corrected chi connectivity index (χ3v) is 13.8. The van der Waals surface area contributed by atoms with E-state index in [9.17, 15) is 13.2 Å². The van der Waals surface area contributed by atoms with Gasteiger partial charge in [-0.15, -0.1) is 23.5 Å². The van der Waals surface area contributed by atoms with E-state index in [2.05, 4.69) is 22.2 Å². The second kappa shape index (κ2) is 32.0. The summed E-state index contributed by atoms with van der Waals surface area (Å²) >= 11 is 11.9. The average molecular weight is 688 g/mol. The maximum atomic E-state index is 11.9. The fraction of sp³-hybridized carbons (Fsp3) is 0.857. The monoisotopic (exact) mass is 687 g/mol. The van der Waals surface area contributed by atoms with Crippen LogP contribution in [0.3, 0.4) is 0 Å². The van der Waals surface area contributed by atoms with Crippen molar-refractivity contribution in [3.63, 3.8) is 0 Å². The molecule has 0 aliphatic rings. The third-order valence-electron chi connectivity index (χ3n) is 3.72. The lowest BCUT2D eigenvalue weighted by Crippen LogP contribution is -2.22. The van der Waals surface area contributed by atoms with Crippen molar-refractivity contribution in [1.29, 1.82) is 0 Å². The molecule has 0 aliphatic carbocycles. The SMILES string of the molecule is CCSCCN=CS(=O)CCSCSCCSC(=O)NCCSCSCCN=CS(=O)CCSCCO. The maximum absolute atomic E-state index is 11.9. The highest BCUT2D eigenvalue weighted by molar-refractivity contribution is 8.18. The van der Waals surface area contributed by atoms with E-state index >= 15 is 0 Å². The number of carbonyl (C=O) groups excluding carboxylic acids is 1. The standard InChI is InChI=1S/C21H41N3O4S9/c1-2-29-7-3-22-17-37(28)16-14-34-20-33-11-12-35-21(26)24-5-9-32-19-31-8-4-23-18-36(27)15-13-30-10-6-25/h17-18,25H,2-16,19-20H2,1H3,(H,24,26). The van der Waals surface area contributed by atoms with Crippen LogP contribution in [0.2, 0.25) is 0 Å². The lowest BCUT2D eigenvalue weighted by molar-refractivity contribution is 0.261. The Morgan fingerprint density at radius 3 is 1.97 bits per heavy atom. The molecule has 37 heavy (non-hydrogen) atoms. The first kappa shape index (κ1) is 38.5. The summed E-state index contributed by atoms with van der Waals surface area (Å²) in [5.74, 6) is 9.12. The van der Waals surface area contributed by atoms with Crippen LogP contribution in [-0.2, 0) is 21.6 Å². The van der Waals surface area contributed by atoms with Crippen LogP contribution in [0.15, 0.2) is 9.98 Å². The van der Waals surface area contributed by atoms with Crippen molar-refractivity contribution in [3.8, 4) is 0 Å². The molecule has 7 nitrogen and oxygen atoms in total. The summed E-state index contributed by atoms with van der Waals surface area (Å²) < 4.78 is 23.5. The second-order valence-corrected chi connectivity index (χ2v) is 18.3. The van der Waals surface area contributed by atoms with Crippen molar-refractivity contribution in [2.24, 2.45) is 9.98 Å². The number of hydrogen-bond acceptors (Lipinski definition) is 13. The lowest BCUT2D eigenvalue weighted by atomic mass is 10.8. The largest absolute Gasteiger partial charge is 0.396 e. The van der Waals surface area contributed by atoms with Crippen molar-refractivity contribution in [2.75, 3.05) is 99.7 Å². The number of carbonyl (C=O) groups is 1. The number of aliphatic imine (C=N–C) groups is 2. The molecule has 16 heteroatoms. The van der Waals surface area contributed by atoms with Crippen molar-refractivity contribution < 1.29 is 18.3 Å². The highest BCUT2D eigenvalue weighted by Crippen LogP contribution is 2.15. The minimum Gasteiger partial charge on any atom is -0.396 e. The number of nitrogens with zero attached hydrogens (tertiary/aromatic N) is 2. The Morgan fingerprint density at radius 1 is 0.757 bits per heavy atom. The highest BCUT2D eigenvalue weighted by atomic mass is 32.2. The first-order valence-corrected chi connectivity index (χ1v) is 22.5. The number of amides is 1. The number of nitrogens with one attached hydrogen (secondary N) is 1. The molecule has 0 saturated heterocycles. The van der Waals surface area contributed by atoms with Gasteiger partial charge in [-0.3, -0.25) is 23.2 Å². The molecule has 0 rings (SSSR count). The van der Waals surface area contributed by atoms with Crippen LogP contribution in [0.1, 0.15) is 6.92 Å². The van der Waals surface area contributed by atoms with Crippen LogP contribution in [0.5, 0.6) is 0 Å². The molecule has 2 unspecified atom stereocenters. The molecular formula is C21H41N3O4S9. The lowest BCUT2D eigenvalue weighted by Gasteiger charge is -2.05. The van der Waals surface area contributed by atoms with Crippen LogP contribution < -0.4 is 5.32 Å². The molecule has 0 aromatic heterocycles. The van der Waals surface area contributed by atoms with Gasteiger partial charge in [-0.05, 0) is 5.75 Å². The molecule has 2 N–H and O–H groups in total. The van der Waals surface area contributed by atoms with E-state index in [1.165, 1.54) is 17.3 Å². The van der Waals surface area contributed by atoms with Crippen molar-refractivity contribution in [1.82, 2.24) is 5.32 Å². The van der Waals surface area contributed by atoms with E-state index in [4.69, 9.17) is 5.11 Å². The Balaban J connectivity index is 3.38. The predicted octanol–water partition coefficient (Wildman–Crippen LogP) is 4.31. The van der Waals surface area contributed by atoms with Gasteiger partial charge >= 0.3 is 0 Å². The van der Waals surface area contributed by atoms with Crippen LogP contribution in [0, 0.1) is 0 Å². The first-order chi connectivity index (χ1) is 18.1. The van der Waals surface area contributed by atoms with E-state index in [1.807, 2.05) is 23.5 Å². The minimum absolute atomic E-state index is 0.0330. The van der Waals surface area contributed by atoms with Crippen LogP contribution in [0.4, 0.5) is 4.79 Å². The summed E-state index contributed by atoms with van der Waals surface area (Å²) in [5.41, 5.74) is 3.12. The molecule has 0 saturated carbocycles. The quantitative estimate of drug-likeness (QED) is 0.0559. The number of hydrogen-bond donors (Lipinski definition) is 2. The predicted molar refractivity (Wildman–Crippen MR) is 186 cm³/mol. The smallest absolute Gasteiger partial charge is 0.279 e. The first-order valence-electron chi connectivity index (χ1n) is 11.8. The van der Waals surface area contributed by atoms with E-state index in [0.29, 0.717) is 30.3 Å². The average Bonchev–Trinajstić information content (AvgIpc) is 2.89. The van der Waals surface area contributed by atoms with Gasteiger partial charge in [0, 0.05) is 87.3 Å². The molecule has 1 amide bonds. The zero-order chi connectivity index (χ0) is 27.2. The summed E-state index contributed by atoms with van der Waals surface area (Å²) in [5, 5.41) is 13.6. The zero-order valence-corrected chi connectivity index (χ0v) is 28.8. The molecule has 0 radical (unpaired) electrons. The second-order valence-electron chi connectivity index (χ2n) is 6.66. The molecule has 0 aliphatic heterocycles. The Labute approximate surface area is 258 Å². The molecule has 0 bridgehead atoms. The van der Waals surface area contributed by atoms with Crippen molar-refractivity contribution in [3.05, 3.63) is 0 Å². The molecule has 0 fully saturated rings. The van der Waals surface area contributed by atoms with Gasteiger partial charge in [-0.1, -0.05) is 18.7 Å². The summed E-state index contributed by atoms with van der Waals surface area (Å²) in [4.78, 5) is 20.3. The van der Waals surface area contributed by atoms with Gasteiger partial charge < -0.3 is 10.4 Å². The molecule has 0 aromatic carbocycles. The number of rotatable bonds is 27. The van der Waals surface area contributed by atoms with E-state index < -0.39 is 21.6 Å². The van der Waals surface area contributed by atoms with Crippen LogP contribution in [-0.4, -0.2) is 130 Å². The van der Waals surface area contributed by atoms with Gasteiger partial charge in [0.2, 0.25) is 0 Å². The summed E-state index contributed by atoms with van der Waals surface area (Å²) in [7, 11) is -1.98. The van der Waals surface area contributed by atoms with E-state index in [0.717, 1.165) is 62.7 Å². The fourth-order valence-electron chi connectivity index (χ4n) is 2.03. The normalized spacial score (nSPS) is 13.5. The summed E-state index contributed by atoms with van der Waals surface area (Å²) in [6, 6.07) is 0. The maximum Gasteiger partial charge on any atom is 0.279 e. The molecule has 0 aromatic rings. The van der Waals surface area contributed by atoms with E-state index in [1.54, 1.807) is 52.6 Å². The topological polar surface area (TPSA) is 108 Å². The van der Waals surface area contributed by atoms with Crippen molar-refractivity contribution in [2.45, 2.75) is 6.92 Å². The van der Waals surface area contributed by atoms with Gasteiger partial charge in [-0.2, -0.15) is 47.0 Å². The Kier molecular flexibility index (Phi) is 33.4. The zero-order valence-electron chi connectivity index (χ0n) is 21.4. The van der Waals surface area contributed by atoms with Gasteiger partial charge in [0.25, 0.3) is 5.24 Å². The van der Waals surface area contributed by atoms with Gasteiger partial charge in [-0.25, -0.2) is 0 Å². The van der Waals surface area contributed by atoms with E-state index in [-0.39, 0.29) is 11.8 Å². The molecule has 0 heterocycles. The summed E-state index contributed by atoms with van der Waals surface area (Å²) in [6.45, 7) is 4.36. The number of thioether (sulfide) groups is 7. The Bertz CT molecular complexity index is 646. The highest BCUT2D eigenvalue weighted by Gasteiger charge is 2.02. The number of aliphatic hydroxyl groups is 1. The Hall–Kier alpha value is 1.52. The van der Waals surface area contributed by atoms with Crippen LogP contribution >= 0.6 is 82.3 Å². The molecule has 218 valence electrons. The molecule has 2 atom stereocenters. The number of aliphatic hydroxyl groups excluding tert-OH is 1. The minimum atomic E-state index is -1.02. The van der Waals surface area contributed by atoms with Gasteiger partial charge in [0.15, 0.2) is 0 Å². The molecule has 0 spiro atoms.